The van der Waals surface area contributed by atoms with Crippen molar-refractivity contribution in [2.45, 2.75) is 438 Å². The van der Waals surface area contributed by atoms with Gasteiger partial charge in [0, 0.05) is 25.7 Å². The van der Waals surface area contributed by atoms with Crippen LogP contribution in [0, 0.1) is 0 Å². The lowest BCUT2D eigenvalue weighted by Crippen LogP contribution is -2.30. The minimum absolute atomic E-state index is 0.109. The Labute approximate surface area is 594 Å². The van der Waals surface area contributed by atoms with Gasteiger partial charge in [0.1, 0.15) is 19.3 Å². The van der Waals surface area contributed by atoms with Crippen molar-refractivity contribution in [1.82, 2.24) is 0 Å². The molecule has 3 unspecified atom stereocenters. The second-order valence-electron chi connectivity index (χ2n) is 28.1. The van der Waals surface area contributed by atoms with Crippen molar-refractivity contribution in [3.05, 3.63) is 0 Å². The van der Waals surface area contributed by atoms with Crippen molar-refractivity contribution in [3.8, 4) is 0 Å². The van der Waals surface area contributed by atoms with E-state index in [0.717, 1.165) is 89.9 Å². The van der Waals surface area contributed by atoms with E-state index in [1.54, 1.807) is 0 Å². The summed E-state index contributed by atoms with van der Waals surface area (Å²) in [6, 6.07) is 0. The number of carbonyl (C=O) groups is 4. The molecule has 0 amide bonds. The van der Waals surface area contributed by atoms with Crippen LogP contribution in [0.15, 0.2) is 0 Å². The number of phosphoric ester groups is 2. The second kappa shape index (κ2) is 72.4. The van der Waals surface area contributed by atoms with Crippen molar-refractivity contribution in [1.29, 1.82) is 0 Å². The van der Waals surface area contributed by atoms with E-state index in [-0.39, 0.29) is 25.7 Å². The number of aliphatic hydroxyl groups excluding tert-OH is 1. The van der Waals surface area contributed by atoms with E-state index in [9.17, 15) is 43.2 Å². The molecule has 0 spiro atoms. The van der Waals surface area contributed by atoms with Gasteiger partial charge in [-0.3, -0.25) is 37.3 Å². The quantitative estimate of drug-likeness (QED) is 0.0222. The van der Waals surface area contributed by atoms with Crippen LogP contribution < -0.4 is 0 Å². The van der Waals surface area contributed by atoms with Crippen LogP contribution in [0.25, 0.3) is 0 Å². The van der Waals surface area contributed by atoms with Crippen LogP contribution in [0.1, 0.15) is 419 Å². The van der Waals surface area contributed by atoms with Gasteiger partial charge in [0.25, 0.3) is 0 Å². The fourth-order valence-corrected chi connectivity index (χ4v) is 13.7. The SMILES string of the molecule is CCCCCCCCCCCCCCCCCC(=O)OC[C@H](COP(=O)(O)OCC(O)COP(=O)(O)OC[C@@H](COC(=O)CCCCCCCCCCCCCC)OC(=O)CCCCCCCCCCCCCCCCC)OC(=O)CCCCCCCCCCCCCCCCC. The fraction of sp³-hybridized carbons (Fsp3) is 0.949. The summed E-state index contributed by atoms with van der Waals surface area (Å²) in [5, 5.41) is 10.6. The zero-order valence-electron chi connectivity index (χ0n) is 63.1. The molecule has 0 radical (unpaired) electrons. The van der Waals surface area contributed by atoms with E-state index in [4.69, 9.17) is 37.0 Å². The van der Waals surface area contributed by atoms with E-state index in [1.165, 1.54) is 250 Å². The number of ether oxygens (including phenoxy) is 4. The molecule has 0 aromatic carbocycles. The van der Waals surface area contributed by atoms with Gasteiger partial charge in [-0.25, -0.2) is 9.13 Å². The molecule has 97 heavy (non-hydrogen) atoms. The molecule has 0 bridgehead atoms. The predicted molar refractivity (Wildman–Crippen MR) is 395 cm³/mol. The van der Waals surface area contributed by atoms with Gasteiger partial charge in [-0.15, -0.1) is 0 Å². The fourth-order valence-electron chi connectivity index (χ4n) is 12.1. The molecule has 3 N–H and O–H groups in total. The molecular formula is C78H152O17P2. The lowest BCUT2D eigenvalue weighted by atomic mass is 10.0. The summed E-state index contributed by atoms with van der Waals surface area (Å²) in [6.45, 7) is 5.02. The van der Waals surface area contributed by atoms with Gasteiger partial charge in [0.2, 0.25) is 0 Å². The minimum atomic E-state index is -4.96. The zero-order valence-corrected chi connectivity index (χ0v) is 64.8. The monoisotopic (exact) mass is 1420 g/mol. The van der Waals surface area contributed by atoms with Crippen LogP contribution in [0.4, 0.5) is 0 Å². The Kier molecular flexibility index (Phi) is 71.0. The molecular weight excluding hydrogens is 1270 g/mol. The summed E-state index contributed by atoms with van der Waals surface area (Å²) >= 11 is 0. The highest BCUT2D eigenvalue weighted by atomic mass is 31.2. The zero-order chi connectivity index (χ0) is 71.1. The van der Waals surface area contributed by atoms with Gasteiger partial charge < -0.3 is 33.8 Å². The highest BCUT2D eigenvalue weighted by molar-refractivity contribution is 7.47. The number of carbonyl (C=O) groups excluding carboxylic acids is 4. The number of rotatable bonds is 79. The maximum atomic E-state index is 13.1. The maximum absolute atomic E-state index is 13.1. The van der Waals surface area contributed by atoms with E-state index in [1.807, 2.05) is 0 Å². The Morgan fingerprint density at radius 1 is 0.247 bits per heavy atom. The first-order chi connectivity index (χ1) is 47.2. The average Bonchev–Trinajstić information content (AvgIpc) is 1.90. The van der Waals surface area contributed by atoms with E-state index in [2.05, 4.69) is 27.7 Å². The van der Waals surface area contributed by atoms with Gasteiger partial charge in [-0.1, -0.05) is 368 Å². The molecule has 0 rings (SSSR count). The molecule has 0 heterocycles. The highest BCUT2D eigenvalue weighted by Gasteiger charge is 2.30. The summed E-state index contributed by atoms with van der Waals surface area (Å²) in [6.07, 6.45) is 63.5. The Morgan fingerprint density at radius 3 is 0.608 bits per heavy atom. The Balaban J connectivity index is 5.26. The summed E-state index contributed by atoms with van der Waals surface area (Å²) in [7, 11) is -9.91. The molecule has 0 aromatic rings. The van der Waals surface area contributed by atoms with Crippen LogP contribution in [-0.2, 0) is 65.4 Å². The normalized spacial score (nSPS) is 13.8. The van der Waals surface area contributed by atoms with Crippen molar-refractivity contribution < 1.29 is 80.2 Å². The summed E-state index contributed by atoms with van der Waals surface area (Å²) in [4.78, 5) is 72.9. The number of aliphatic hydroxyl groups is 1. The van der Waals surface area contributed by atoms with Crippen molar-refractivity contribution in [3.63, 3.8) is 0 Å². The first-order valence-electron chi connectivity index (χ1n) is 40.8. The van der Waals surface area contributed by atoms with Gasteiger partial charge in [-0.2, -0.15) is 0 Å². The third-order valence-corrected chi connectivity index (χ3v) is 20.3. The summed E-state index contributed by atoms with van der Waals surface area (Å²) in [5.41, 5.74) is 0. The summed E-state index contributed by atoms with van der Waals surface area (Å²) < 4.78 is 68.7. The molecule has 0 aromatic heterocycles. The van der Waals surface area contributed by atoms with Gasteiger partial charge in [-0.05, 0) is 25.7 Å². The first-order valence-corrected chi connectivity index (χ1v) is 43.8. The van der Waals surface area contributed by atoms with Crippen molar-refractivity contribution in [2.75, 3.05) is 39.6 Å². The number of unbranched alkanes of at least 4 members (excludes halogenated alkanes) is 53. The highest BCUT2D eigenvalue weighted by Crippen LogP contribution is 2.45. The Hall–Kier alpha value is -1.94. The third kappa shape index (κ3) is 72.2. The van der Waals surface area contributed by atoms with E-state index < -0.39 is 97.5 Å². The predicted octanol–water partition coefficient (Wildman–Crippen LogP) is 23.4. The molecule has 0 saturated carbocycles. The Bertz CT molecular complexity index is 1840. The molecule has 0 aliphatic heterocycles. The van der Waals surface area contributed by atoms with Gasteiger partial charge >= 0.3 is 39.5 Å². The average molecular weight is 1420 g/mol. The van der Waals surface area contributed by atoms with Crippen LogP contribution in [0.2, 0.25) is 0 Å². The number of phosphoric acid groups is 2. The number of hydrogen-bond acceptors (Lipinski definition) is 15. The molecule has 17 nitrogen and oxygen atoms in total. The molecule has 0 aliphatic rings. The van der Waals surface area contributed by atoms with Crippen molar-refractivity contribution >= 4 is 39.5 Å². The maximum Gasteiger partial charge on any atom is 0.472 e. The van der Waals surface area contributed by atoms with Gasteiger partial charge in [0.05, 0.1) is 26.4 Å². The van der Waals surface area contributed by atoms with E-state index >= 15 is 0 Å². The van der Waals surface area contributed by atoms with Crippen LogP contribution in [-0.4, -0.2) is 96.7 Å². The molecule has 0 saturated heterocycles. The van der Waals surface area contributed by atoms with Gasteiger partial charge in [0.15, 0.2) is 12.2 Å². The standard InChI is InChI=1S/C78H152O17P2/c1-5-9-13-17-21-25-29-33-36-39-43-47-51-55-59-63-76(81)89-69-74(95-78(83)65-61-57-53-49-45-41-38-35-31-27-23-19-15-11-7-3)71-93-97(86,87)91-67-72(79)66-90-96(84,85)92-70-73(68-88-75(80)62-58-54-50-46-42-32-28-24-20-16-12-8-4)94-77(82)64-60-56-52-48-44-40-37-34-30-26-22-18-14-10-6-2/h72-74,79H,5-71H2,1-4H3,(H,84,85)(H,86,87)/t72?,73-,74-/m1/s1. The molecule has 576 valence electrons. The first kappa shape index (κ1) is 95.1. The lowest BCUT2D eigenvalue weighted by molar-refractivity contribution is -0.161. The molecule has 0 fully saturated rings. The van der Waals surface area contributed by atoms with Crippen LogP contribution in [0.3, 0.4) is 0 Å². The largest absolute Gasteiger partial charge is 0.472 e. The minimum Gasteiger partial charge on any atom is -0.462 e. The van der Waals surface area contributed by atoms with Crippen molar-refractivity contribution in [2.24, 2.45) is 0 Å². The van der Waals surface area contributed by atoms with Crippen LogP contribution in [0.5, 0.6) is 0 Å². The smallest absolute Gasteiger partial charge is 0.462 e. The lowest BCUT2D eigenvalue weighted by Gasteiger charge is -2.21. The molecule has 0 aliphatic carbocycles. The Morgan fingerprint density at radius 2 is 0.412 bits per heavy atom. The van der Waals surface area contributed by atoms with Crippen LogP contribution >= 0.6 is 15.6 Å². The second-order valence-corrected chi connectivity index (χ2v) is 31.0. The van der Waals surface area contributed by atoms with E-state index in [0.29, 0.717) is 25.7 Å². The summed E-state index contributed by atoms with van der Waals surface area (Å²) in [5.74, 6) is -2.10. The molecule has 19 heteroatoms. The third-order valence-electron chi connectivity index (χ3n) is 18.4. The topological polar surface area (TPSA) is 237 Å². The number of esters is 4. The number of hydrogen-bond donors (Lipinski definition) is 3. The molecule has 5 atom stereocenters.